The first-order valence-corrected chi connectivity index (χ1v) is 12.3. The van der Waals surface area contributed by atoms with Crippen LogP contribution in [0.5, 0.6) is 0 Å². The standard InChI is InChI=1S/C25H39N5O2.HI/c1-20-7-9-21(10-8-20)24-22(6-5-17-32-24)18-27-25(26-2)30-15-13-28(14-16-30)19-23(31)29-11-3-4-12-29;/h7-10,22,24H,3-6,11-19H2,1-2H3,(H,26,27);1H. The van der Waals surface area contributed by atoms with E-state index in [1.807, 2.05) is 11.9 Å². The zero-order chi connectivity index (χ0) is 22.3. The highest BCUT2D eigenvalue weighted by atomic mass is 127. The highest BCUT2D eigenvalue weighted by Gasteiger charge is 2.29. The summed E-state index contributed by atoms with van der Waals surface area (Å²) in [5.41, 5.74) is 2.55. The lowest BCUT2D eigenvalue weighted by molar-refractivity contribution is -0.131. The first kappa shape index (κ1) is 26.2. The molecule has 0 bridgehead atoms. The molecule has 1 amide bonds. The lowest BCUT2D eigenvalue weighted by atomic mass is 9.89. The molecule has 33 heavy (non-hydrogen) atoms. The molecule has 7 nitrogen and oxygen atoms in total. The van der Waals surface area contributed by atoms with Gasteiger partial charge in [-0.2, -0.15) is 0 Å². The third-order valence-electron chi connectivity index (χ3n) is 7.07. The molecule has 3 aliphatic rings. The van der Waals surface area contributed by atoms with Crippen molar-refractivity contribution >= 4 is 35.8 Å². The van der Waals surface area contributed by atoms with E-state index in [1.54, 1.807) is 0 Å². The lowest BCUT2D eigenvalue weighted by Gasteiger charge is -2.38. The van der Waals surface area contributed by atoms with E-state index in [9.17, 15) is 4.79 Å². The van der Waals surface area contributed by atoms with E-state index < -0.39 is 0 Å². The molecule has 3 saturated heterocycles. The van der Waals surface area contributed by atoms with Crippen LogP contribution >= 0.6 is 24.0 Å². The SMILES string of the molecule is CN=C(NCC1CCCOC1c1ccc(C)cc1)N1CCN(CC(=O)N2CCCC2)CC1.I. The van der Waals surface area contributed by atoms with Crippen molar-refractivity contribution in [3.8, 4) is 0 Å². The van der Waals surface area contributed by atoms with Gasteiger partial charge in [0, 0.05) is 65.4 Å². The second kappa shape index (κ2) is 12.9. The van der Waals surface area contributed by atoms with Gasteiger partial charge >= 0.3 is 0 Å². The quantitative estimate of drug-likeness (QED) is 0.336. The smallest absolute Gasteiger partial charge is 0.236 e. The summed E-state index contributed by atoms with van der Waals surface area (Å²) in [5, 5.41) is 3.62. The van der Waals surface area contributed by atoms with E-state index in [4.69, 9.17) is 4.74 Å². The van der Waals surface area contributed by atoms with Crippen LogP contribution in [0.3, 0.4) is 0 Å². The fraction of sp³-hybridized carbons (Fsp3) is 0.680. The minimum Gasteiger partial charge on any atom is -0.373 e. The molecule has 0 radical (unpaired) electrons. The van der Waals surface area contributed by atoms with E-state index in [0.29, 0.717) is 12.5 Å². The molecule has 1 aromatic carbocycles. The Bertz CT molecular complexity index is 774. The number of guanidine groups is 1. The van der Waals surface area contributed by atoms with Gasteiger partial charge in [0.2, 0.25) is 5.91 Å². The number of halogens is 1. The van der Waals surface area contributed by atoms with Crippen LogP contribution in [0.4, 0.5) is 0 Å². The van der Waals surface area contributed by atoms with Gasteiger partial charge in [-0.05, 0) is 38.2 Å². The van der Waals surface area contributed by atoms with Crippen molar-refractivity contribution in [3.05, 3.63) is 35.4 Å². The Kier molecular flexibility index (Phi) is 10.2. The van der Waals surface area contributed by atoms with Crippen LogP contribution in [0.15, 0.2) is 29.3 Å². The number of likely N-dealkylation sites (tertiary alicyclic amines) is 1. The average Bonchev–Trinajstić information content (AvgIpc) is 3.37. The van der Waals surface area contributed by atoms with Gasteiger partial charge in [-0.15, -0.1) is 24.0 Å². The van der Waals surface area contributed by atoms with Gasteiger partial charge in [0.1, 0.15) is 0 Å². The van der Waals surface area contributed by atoms with Gasteiger partial charge in [-0.25, -0.2) is 0 Å². The van der Waals surface area contributed by atoms with E-state index in [2.05, 4.69) is 51.3 Å². The number of carbonyl (C=O) groups is 1. The molecule has 8 heteroatoms. The van der Waals surface area contributed by atoms with Crippen molar-refractivity contribution in [1.29, 1.82) is 0 Å². The number of nitrogens with zero attached hydrogens (tertiary/aromatic N) is 4. The third kappa shape index (κ3) is 7.05. The van der Waals surface area contributed by atoms with Crippen LogP contribution in [-0.2, 0) is 9.53 Å². The molecule has 184 valence electrons. The van der Waals surface area contributed by atoms with Crippen LogP contribution < -0.4 is 5.32 Å². The molecule has 3 fully saturated rings. The van der Waals surface area contributed by atoms with Gasteiger partial charge in [0.05, 0.1) is 12.6 Å². The summed E-state index contributed by atoms with van der Waals surface area (Å²) in [7, 11) is 1.86. The number of hydrogen-bond donors (Lipinski definition) is 1. The third-order valence-corrected chi connectivity index (χ3v) is 7.07. The highest BCUT2D eigenvalue weighted by molar-refractivity contribution is 14.0. The van der Waals surface area contributed by atoms with Crippen molar-refractivity contribution in [2.75, 3.05) is 66.0 Å². The molecule has 3 heterocycles. The molecular formula is C25H40IN5O2. The first-order chi connectivity index (χ1) is 15.6. The van der Waals surface area contributed by atoms with Crippen LogP contribution in [0, 0.1) is 12.8 Å². The van der Waals surface area contributed by atoms with Gasteiger partial charge in [-0.3, -0.25) is 14.7 Å². The molecule has 0 saturated carbocycles. The number of piperazine rings is 1. The first-order valence-electron chi connectivity index (χ1n) is 12.3. The van der Waals surface area contributed by atoms with E-state index >= 15 is 0 Å². The van der Waals surface area contributed by atoms with Crippen LogP contribution in [-0.4, -0.2) is 92.6 Å². The highest BCUT2D eigenvalue weighted by Crippen LogP contribution is 2.33. The minimum absolute atomic E-state index is 0. The van der Waals surface area contributed by atoms with Gasteiger partial charge < -0.3 is 19.9 Å². The van der Waals surface area contributed by atoms with Crippen LogP contribution in [0.25, 0.3) is 0 Å². The molecule has 0 spiro atoms. The normalized spacial score (nSPS) is 24.5. The summed E-state index contributed by atoms with van der Waals surface area (Å²) in [6.07, 6.45) is 4.71. The summed E-state index contributed by atoms with van der Waals surface area (Å²) in [6.45, 7) is 9.84. The Labute approximate surface area is 215 Å². The Morgan fingerprint density at radius 3 is 2.39 bits per heavy atom. The molecular weight excluding hydrogens is 529 g/mol. The van der Waals surface area contributed by atoms with Gasteiger partial charge in [-0.1, -0.05) is 29.8 Å². The maximum atomic E-state index is 12.5. The van der Waals surface area contributed by atoms with Crippen LogP contribution in [0.1, 0.15) is 42.9 Å². The number of nitrogens with one attached hydrogen (secondary N) is 1. The number of rotatable bonds is 5. The molecule has 0 aromatic heterocycles. The zero-order valence-electron chi connectivity index (χ0n) is 20.2. The number of amides is 1. The Morgan fingerprint density at radius 2 is 1.73 bits per heavy atom. The number of carbonyl (C=O) groups excluding carboxylic acids is 1. The Morgan fingerprint density at radius 1 is 1.03 bits per heavy atom. The summed E-state index contributed by atoms with van der Waals surface area (Å²) in [4.78, 5) is 23.6. The van der Waals surface area contributed by atoms with Crippen molar-refractivity contribution in [2.45, 2.75) is 38.7 Å². The fourth-order valence-electron chi connectivity index (χ4n) is 5.11. The zero-order valence-corrected chi connectivity index (χ0v) is 22.5. The molecule has 3 aliphatic heterocycles. The maximum Gasteiger partial charge on any atom is 0.236 e. The lowest BCUT2D eigenvalue weighted by Crippen LogP contribution is -2.54. The molecule has 4 rings (SSSR count). The maximum absolute atomic E-state index is 12.5. The number of benzene rings is 1. The number of hydrogen-bond acceptors (Lipinski definition) is 4. The largest absolute Gasteiger partial charge is 0.373 e. The summed E-state index contributed by atoms with van der Waals surface area (Å²) in [6, 6.07) is 8.75. The minimum atomic E-state index is 0. The van der Waals surface area contributed by atoms with Crippen molar-refractivity contribution < 1.29 is 9.53 Å². The summed E-state index contributed by atoms with van der Waals surface area (Å²) in [5.74, 6) is 1.68. The van der Waals surface area contributed by atoms with Crippen molar-refractivity contribution in [1.82, 2.24) is 20.0 Å². The molecule has 0 aliphatic carbocycles. The molecule has 1 aromatic rings. The predicted octanol–water partition coefficient (Wildman–Crippen LogP) is 2.90. The second-order valence-electron chi connectivity index (χ2n) is 9.38. The Hall–Kier alpha value is -1.39. The predicted molar refractivity (Wildman–Crippen MR) is 143 cm³/mol. The topological polar surface area (TPSA) is 60.4 Å². The summed E-state index contributed by atoms with van der Waals surface area (Å²) < 4.78 is 6.19. The van der Waals surface area contributed by atoms with E-state index in [-0.39, 0.29) is 36.0 Å². The average molecular weight is 570 g/mol. The second-order valence-corrected chi connectivity index (χ2v) is 9.38. The van der Waals surface area contributed by atoms with E-state index in [1.165, 1.54) is 11.1 Å². The van der Waals surface area contributed by atoms with Crippen LogP contribution in [0.2, 0.25) is 0 Å². The Balaban J connectivity index is 0.00000306. The van der Waals surface area contributed by atoms with E-state index in [0.717, 1.165) is 84.1 Å². The molecule has 1 N–H and O–H groups in total. The number of aryl methyl sites for hydroxylation is 1. The monoisotopic (exact) mass is 569 g/mol. The fourth-order valence-corrected chi connectivity index (χ4v) is 5.11. The van der Waals surface area contributed by atoms with Gasteiger partial charge in [0.25, 0.3) is 0 Å². The van der Waals surface area contributed by atoms with Gasteiger partial charge in [0.15, 0.2) is 5.96 Å². The molecule has 2 unspecified atom stereocenters. The molecule has 2 atom stereocenters. The number of aliphatic imine (C=N–C) groups is 1. The summed E-state index contributed by atoms with van der Waals surface area (Å²) >= 11 is 0. The number of ether oxygens (including phenoxy) is 1. The van der Waals surface area contributed by atoms with Crippen molar-refractivity contribution in [2.24, 2.45) is 10.9 Å². The van der Waals surface area contributed by atoms with Crippen molar-refractivity contribution in [3.63, 3.8) is 0 Å².